The van der Waals surface area contributed by atoms with E-state index in [0.29, 0.717) is 5.56 Å². The Morgan fingerprint density at radius 3 is 2.71 bits per heavy atom. The summed E-state index contributed by atoms with van der Waals surface area (Å²) >= 11 is 0. The molecule has 2 aromatic rings. The average Bonchev–Trinajstić information content (AvgIpc) is 2.63. The number of benzene rings is 1. The fourth-order valence-electron chi connectivity index (χ4n) is 2.30. The summed E-state index contributed by atoms with van der Waals surface area (Å²) in [4.78, 5) is 11.8. The molecule has 0 saturated carbocycles. The maximum atomic E-state index is 11.8. The minimum Gasteiger partial charge on any atom is -0.465 e. The predicted molar refractivity (Wildman–Crippen MR) is 68.3 cm³/mol. The van der Waals surface area contributed by atoms with Gasteiger partial charge in [0.2, 0.25) is 0 Å². The zero-order valence-corrected chi connectivity index (χ0v) is 10.5. The van der Waals surface area contributed by atoms with E-state index in [-0.39, 0.29) is 5.97 Å². The fourth-order valence-corrected chi connectivity index (χ4v) is 2.30. The maximum absolute atomic E-state index is 11.8. The van der Waals surface area contributed by atoms with Gasteiger partial charge in [-0.15, -0.1) is 0 Å². The number of ether oxygens (including phenoxy) is 1. The lowest BCUT2D eigenvalue weighted by molar-refractivity contribution is 0.0602. The second-order valence-corrected chi connectivity index (χ2v) is 4.12. The molecule has 17 heavy (non-hydrogen) atoms. The third kappa shape index (κ3) is 1.82. The highest BCUT2D eigenvalue weighted by Gasteiger charge is 2.19. The molecule has 0 aliphatic carbocycles. The second kappa shape index (κ2) is 4.62. The first-order valence-corrected chi connectivity index (χ1v) is 5.86. The third-order valence-corrected chi connectivity index (χ3v) is 3.07. The lowest BCUT2D eigenvalue weighted by Gasteiger charge is -2.06. The Kier molecular flexibility index (Phi) is 3.18. The highest BCUT2D eigenvalue weighted by molar-refractivity contribution is 6.05. The molecule has 3 heteroatoms. The average molecular weight is 231 g/mol. The highest BCUT2D eigenvalue weighted by atomic mass is 16.5. The number of hydrogen-bond acceptors (Lipinski definition) is 2. The SMILES string of the molecule is CCCn1c(C)c(C(=O)OC)c2ccccc21. The Morgan fingerprint density at radius 1 is 1.35 bits per heavy atom. The van der Waals surface area contributed by atoms with E-state index in [1.807, 2.05) is 31.2 Å². The van der Waals surface area contributed by atoms with E-state index in [9.17, 15) is 4.79 Å². The molecule has 0 fully saturated rings. The van der Waals surface area contributed by atoms with Crippen LogP contribution in [0.2, 0.25) is 0 Å². The van der Waals surface area contributed by atoms with Crippen LogP contribution in [-0.4, -0.2) is 17.6 Å². The molecule has 0 N–H and O–H groups in total. The molecular weight excluding hydrogens is 214 g/mol. The van der Waals surface area contributed by atoms with Crippen LogP contribution in [0.4, 0.5) is 0 Å². The molecule has 1 aromatic heterocycles. The topological polar surface area (TPSA) is 31.2 Å². The van der Waals surface area contributed by atoms with E-state index in [1.54, 1.807) is 0 Å². The molecule has 90 valence electrons. The Hall–Kier alpha value is -1.77. The van der Waals surface area contributed by atoms with Crippen molar-refractivity contribution in [2.24, 2.45) is 0 Å². The molecule has 0 bridgehead atoms. The number of aromatic nitrogens is 1. The van der Waals surface area contributed by atoms with Crippen LogP contribution in [0.1, 0.15) is 29.4 Å². The Bertz CT molecular complexity index is 555. The molecule has 0 amide bonds. The molecular formula is C14H17NO2. The van der Waals surface area contributed by atoms with Crippen molar-refractivity contribution in [3.8, 4) is 0 Å². The van der Waals surface area contributed by atoms with Crippen LogP contribution < -0.4 is 0 Å². The van der Waals surface area contributed by atoms with Crippen LogP contribution in [0.3, 0.4) is 0 Å². The third-order valence-electron chi connectivity index (χ3n) is 3.07. The minimum absolute atomic E-state index is 0.256. The van der Waals surface area contributed by atoms with E-state index >= 15 is 0 Å². The predicted octanol–water partition coefficient (Wildman–Crippen LogP) is 3.15. The van der Waals surface area contributed by atoms with Gasteiger partial charge in [-0.3, -0.25) is 0 Å². The first kappa shape index (κ1) is 11.7. The van der Waals surface area contributed by atoms with Crippen molar-refractivity contribution in [1.82, 2.24) is 4.57 Å². The zero-order chi connectivity index (χ0) is 12.4. The molecule has 3 nitrogen and oxygen atoms in total. The van der Waals surface area contributed by atoms with Gasteiger partial charge in [0.1, 0.15) is 0 Å². The number of esters is 1. The summed E-state index contributed by atoms with van der Waals surface area (Å²) in [5, 5.41) is 0.977. The van der Waals surface area contributed by atoms with Gasteiger partial charge in [0.05, 0.1) is 12.7 Å². The number of rotatable bonds is 3. The number of methoxy groups -OCH3 is 1. The molecule has 1 heterocycles. The molecule has 0 spiro atoms. The van der Waals surface area contributed by atoms with E-state index in [0.717, 1.165) is 29.6 Å². The van der Waals surface area contributed by atoms with Gasteiger partial charge in [0.25, 0.3) is 0 Å². The van der Waals surface area contributed by atoms with Crippen LogP contribution in [0.5, 0.6) is 0 Å². The minimum atomic E-state index is -0.256. The van der Waals surface area contributed by atoms with E-state index in [2.05, 4.69) is 11.5 Å². The Labute approximate surface area is 101 Å². The zero-order valence-electron chi connectivity index (χ0n) is 10.5. The van der Waals surface area contributed by atoms with Crippen molar-refractivity contribution in [3.05, 3.63) is 35.5 Å². The summed E-state index contributed by atoms with van der Waals surface area (Å²) in [7, 11) is 1.42. The smallest absolute Gasteiger partial charge is 0.340 e. The number of nitrogens with zero attached hydrogens (tertiary/aromatic N) is 1. The van der Waals surface area contributed by atoms with Crippen LogP contribution >= 0.6 is 0 Å². The molecule has 0 saturated heterocycles. The Morgan fingerprint density at radius 2 is 2.06 bits per heavy atom. The molecule has 0 aliphatic heterocycles. The standard InChI is InChI=1S/C14H17NO2/c1-4-9-15-10(2)13(14(16)17-3)11-7-5-6-8-12(11)15/h5-8H,4,9H2,1-3H3. The van der Waals surface area contributed by atoms with Crippen molar-refractivity contribution >= 4 is 16.9 Å². The van der Waals surface area contributed by atoms with Crippen molar-refractivity contribution < 1.29 is 9.53 Å². The number of hydrogen-bond donors (Lipinski definition) is 0. The van der Waals surface area contributed by atoms with Crippen molar-refractivity contribution in [2.75, 3.05) is 7.11 Å². The van der Waals surface area contributed by atoms with Gasteiger partial charge < -0.3 is 9.30 Å². The van der Waals surface area contributed by atoms with Crippen molar-refractivity contribution in [3.63, 3.8) is 0 Å². The van der Waals surface area contributed by atoms with Crippen molar-refractivity contribution in [1.29, 1.82) is 0 Å². The summed E-state index contributed by atoms with van der Waals surface area (Å²) in [5.41, 5.74) is 2.78. The first-order valence-electron chi connectivity index (χ1n) is 5.86. The second-order valence-electron chi connectivity index (χ2n) is 4.12. The molecule has 2 rings (SSSR count). The lowest BCUT2D eigenvalue weighted by atomic mass is 10.1. The lowest BCUT2D eigenvalue weighted by Crippen LogP contribution is -2.05. The summed E-state index contributed by atoms with van der Waals surface area (Å²) in [6.45, 7) is 5.03. The summed E-state index contributed by atoms with van der Waals surface area (Å²) in [6, 6.07) is 7.96. The van der Waals surface area contributed by atoms with Gasteiger partial charge in [0, 0.05) is 23.1 Å². The van der Waals surface area contributed by atoms with E-state index in [1.165, 1.54) is 7.11 Å². The van der Waals surface area contributed by atoms with E-state index < -0.39 is 0 Å². The van der Waals surface area contributed by atoms with Gasteiger partial charge in [-0.25, -0.2) is 4.79 Å². The number of para-hydroxylation sites is 1. The number of carbonyl (C=O) groups is 1. The van der Waals surface area contributed by atoms with Crippen LogP contribution in [-0.2, 0) is 11.3 Å². The van der Waals surface area contributed by atoms with Gasteiger partial charge in [-0.2, -0.15) is 0 Å². The summed E-state index contributed by atoms with van der Waals surface area (Å²) < 4.78 is 7.05. The summed E-state index contributed by atoms with van der Waals surface area (Å²) in [6.07, 6.45) is 1.04. The molecule has 0 atom stereocenters. The number of fused-ring (bicyclic) bond motifs is 1. The van der Waals surface area contributed by atoms with E-state index in [4.69, 9.17) is 4.74 Å². The summed E-state index contributed by atoms with van der Waals surface area (Å²) in [5.74, 6) is -0.256. The van der Waals surface area contributed by atoms with Gasteiger partial charge >= 0.3 is 5.97 Å². The molecule has 0 aliphatic rings. The number of carbonyl (C=O) groups excluding carboxylic acids is 1. The van der Waals surface area contributed by atoms with Crippen LogP contribution in [0.15, 0.2) is 24.3 Å². The van der Waals surface area contributed by atoms with Crippen molar-refractivity contribution in [2.45, 2.75) is 26.8 Å². The fraction of sp³-hybridized carbons (Fsp3) is 0.357. The maximum Gasteiger partial charge on any atom is 0.340 e. The first-order chi connectivity index (χ1) is 8.20. The normalized spacial score (nSPS) is 10.8. The largest absolute Gasteiger partial charge is 0.465 e. The Balaban J connectivity index is 2.74. The van der Waals surface area contributed by atoms with Crippen LogP contribution in [0, 0.1) is 6.92 Å². The highest BCUT2D eigenvalue weighted by Crippen LogP contribution is 2.26. The molecule has 0 unspecified atom stereocenters. The van der Waals surface area contributed by atoms with Gasteiger partial charge in [-0.1, -0.05) is 25.1 Å². The monoisotopic (exact) mass is 231 g/mol. The quantitative estimate of drug-likeness (QED) is 0.760. The van der Waals surface area contributed by atoms with Gasteiger partial charge in [0.15, 0.2) is 0 Å². The van der Waals surface area contributed by atoms with Crippen LogP contribution in [0.25, 0.3) is 10.9 Å². The van der Waals surface area contributed by atoms with Gasteiger partial charge in [-0.05, 0) is 19.4 Å². The molecule has 0 radical (unpaired) electrons. The molecule has 1 aromatic carbocycles. The number of aryl methyl sites for hydroxylation is 1.